The van der Waals surface area contributed by atoms with Crippen LogP contribution in [0.15, 0.2) is 4.99 Å². The lowest BCUT2D eigenvalue weighted by molar-refractivity contribution is 0.0389. The molecule has 3 N–H and O–H groups in total. The predicted molar refractivity (Wildman–Crippen MR) is 120 cm³/mol. The van der Waals surface area contributed by atoms with Crippen molar-refractivity contribution in [3.8, 4) is 0 Å². The van der Waals surface area contributed by atoms with Crippen molar-refractivity contribution in [2.75, 3.05) is 52.5 Å². The quantitative estimate of drug-likeness (QED) is 0.282. The fourth-order valence-corrected chi connectivity index (χ4v) is 2.40. The van der Waals surface area contributed by atoms with Gasteiger partial charge in [-0.15, -0.1) is 24.0 Å². The second kappa shape index (κ2) is 12.6. The van der Waals surface area contributed by atoms with Crippen LogP contribution in [0.5, 0.6) is 0 Å². The van der Waals surface area contributed by atoms with Gasteiger partial charge in [-0.3, -0.25) is 9.89 Å². The fourth-order valence-electron chi connectivity index (χ4n) is 2.40. The molecule has 1 fully saturated rings. The molecule has 160 valence electrons. The maximum absolute atomic E-state index is 12.0. The maximum atomic E-state index is 12.0. The lowest BCUT2D eigenvalue weighted by Crippen LogP contribution is -2.49. The Balaban J connectivity index is 0.00000676. The van der Waals surface area contributed by atoms with Crippen molar-refractivity contribution in [1.29, 1.82) is 0 Å². The first-order chi connectivity index (χ1) is 12.1. The van der Waals surface area contributed by atoms with Crippen LogP contribution < -0.4 is 16.0 Å². The minimum atomic E-state index is -0.514. The summed E-state index contributed by atoms with van der Waals surface area (Å²) in [7, 11) is 0. The van der Waals surface area contributed by atoms with E-state index in [1.165, 1.54) is 0 Å². The van der Waals surface area contributed by atoms with Crippen LogP contribution in [0, 0.1) is 0 Å². The Bertz CT molecular complexity index is 460. The number of aliphatic imine (C=N–C) groups is 1. The van der Waals surface area contributed by atoms with Crippen molar-refractivity contribution in [3.63, 3.8) is 0 Å². The van der Waals surface area contributed by atoms with Crippen molar-refractivity contribution in [1.82, 2.24) is 20.9 Å². The standard InChI is InChI=1S/C18H37N5O3.HI/c1-7-19-15(20-8-9-23-10-12-25-13-11-23)21-14-18(5,6)22-16(24)26-17(2,3)4;/h7-14H2,1-6H3,(H,22,24)(H2,19,20,21);1H. The summed E-state index contributed by atoms with van der Waals surface area (Å²) in [6, 6.07) is 0. The van der Waals surface area contributed by atoms with Crippen molar-refractivity contribution < 1.29 is 14.3 Å². The van der Waals surface area contributed by atoms with Crippen LogP contribution in [0.1, 0.15) is 41.5 Å². The van der Waals surface area contributed by atoms with E-state index in [2.05, 4.69) is 25.8 Å². The normalized spacial score (nSPS) is 16.3. The van der Waals surface area contributed by atoms with Crippen LogP contribution in [0.2, 0.25) is 0 Å². The number of guanidine groups is 1. The Labute approximate surface area is 181 Å². The van der Waals surface area contributed by atoms with E-state index in [0.717, 1.165) is 51.9 Å². The zero-order chi connectivity index (χ0) is 19.6. The fraction of sp³-hybridized carbons (Fsp3) is 0.889. The second-order valence-electron chi connectivity index (χ2n) is 8.09. The monoisotopic (exact) mass is 499 g/mol. The Morgan fingerprint density at radius 3 is 2.33 bits per heavy atom. The Morgan fingerprint density at radius 1 is 1.15 bits per heavy atom. The van der Waals surface area contributed by atoms with Gasteiger partial charge in [-0.25, -0.2) is 4.79 Å². The summed E-state index contributed by atoms with van der Waals surface area (Å²) in [5.41, 5.74) is -1.02. The van der Waals surface area contributed by atoms with Crippen LogP contribution in [0.4, 0.5) is 4.79 Å². The van der Waals surface area contributed by atoms with Gasteiger partial charge < -0.3 is 25.4 Å². The number of ether oxygens (including phenoxy) is 2. The number of hydrogen-bond donors (Lipinski definition) is 3. The second-order valence-corrected chi connectivity index (χ2v) is 8.09. The van der Waals surface area contributed by atoms with E-state index in [1.807, 2.05) is 41.5 Å². The molecule has 1 aliphatic rings. The highest BCUT2D eigenvalue weighted by atomic mass is 127. The Hall–Kier alpha value is -0.810. The van der Waals surface area contributed by atoms with E-state index < -0.39 is 17.2 Å². The van der Waals surface area contributed by atoms with Crippen LogP contribution in [-0.4, -0.2) is 80.6 Å². The minimum absolute atomic E-state index is 0. The van der Waals surface area contributed by atoms with E-state index in [9.17, 15) is 4.79 Å². The van der Waals surface area contributed by atoms with Gasteiger partial charge in [0.05, 0.1) is 25.3 Å². The number of halogens is 1. The van der Waals surface area contributed by atoms with Gasteiger partial charge in [0.25, 0.3) is 0 Å². The number of rotatable bonds is 7. The van der Waals surface area contributed by atoms with Crippen molar-refractivity contribution in [3.05, 3.63) is 0 Å². The van der Waals surface area contributed by atoms with Crippen LogP contribution >= 0.6 is 24.0 Å². The van der Waals surface area contributed by atoms with E-state index in [-0.39, 0.29) is 24.0 Å². The van der Waals surface area contributed by atoms with E-state index in [1.54, 1.807) is 0 Å². The molecule has 0 spiro atoms. The van der Waals surface area contributed by atoms with Crippen LogP contribution in [0.25, 0.3) is 0 Å². The highest BCUT2D eigenvalue weighted by Crippen LogP contribution is 2.09. The number of morpholine rings is 1. The third kappa shape index (κ3) is 13.1. The first-order valence-electron chi connectivity index (χ1n) is 9.45. The maximum Gasteiger partial charge on any atom is 0.408 e. The average molecular weight is 499 g/mol. The van der Waals surface area contributed by atoms with Gasteiger partial charge in [-0.1, -0.05) is 0 Å². The summed E-state index contributed by atoms with van der Waals surface area (Å²) >= 11 is 0. The molecule has 1 rings (SSSR count). The van der Waals surface area contributed by atoms with Crippen LogP contribution in [0.3, 0.4) is 0 Å². The molecule has 1 heterocycles. The number of hydrogen-bond acceptors (Lipinski definition) is 5. The van der Waals surface area contributed by atoms with Gasteiger partial charge in [0.2, 0.25) is 0 Å². The number of alkyl carbamates (subject to hydrolysis) is 1. The molecule has 0 radical (unpaired) electrons. The number of amides is 1. The van der Waals surface area contributed by atoms with E-state index in [0.29, 0.717) is 6.54 Å². The zero-order valence-corrected chi connectivity index (χ0v) is 20.0. The molecule has 0 aromatic rings. The summed E-state index contributed by atoms with van der Waals surface area (Å²) in [6.45, 7) is 18.0. The van der Waals surface area contributed by atoms with Crippen molar-refractivity contribution in [2.45, 2.75) is 52.7 Å². The van der Waals surface area contributed by atoms with Gasteiger partial charge in [0.1, 0.15) is 5.60 Å². The third-order valence-corrected chi connectivity index (χ3v) is 3.64. The predicted octanol–water partition coefficient (Wildman–Crippen LogP) is 1.80. The zero-order valence-electron chi connectivity index (χ0n) is 17.7. The molecule has 1 aliphatic heterocycles. The van der Waals surface area contributed by atoms with Crippen molar-refractivity contribution in [2.24, 2.45) is 4.99 Å². The molecule has 0 aliphatic carbocycles. The molecule has 0 aromatic carbocycles. The first kappa shape index (κ1) is 26.2. The van der Waals surface area contributed by atoms with Gasteiger partial charge in [-0.05, 0) is 41.5 Å². The van der Waals surface area contributed by atoms with Gasteiger partial charge in [-0.2, -0.15) is 0 Å². The topological polar surface area (TPSA) is 87.2 Å². The number of nitrogens with zero attached hydrogens (tertiary/aromatic N) is 2. The molecule has 8 nitrogen and oxygen atoms in total. The van der Waals surface area contributed by atoms with E-state index in [4.69, 9.17) is 9.47 Å². The minimum Gasteiger partial charge on any atom is -0.444 e. The highest BCUT2D eigenvalue weighted by molar-refractivity contribution is 14.0. The Morgan fingerprint density at radius 2 is 1.78 bits per heavy atom. The summed E-state index contributed by atoms with van der Waals surface area (Å²) < 4.78 is 10.7. The van der Waals surface area contributed by atoms with Gasteiger partial charge >= 0.3 is 6.09 Å². The molecule has 1 amide bonds. The summed E-state index contributed by atoms with van der Waals surface area (Å²) in [4.78, 5) is 18.9. The van der Waals surface area contributed by atoms with E-state index >= 15 is 0 Å². The molecule has 0 atom stereocenters. The summed E-state index contributed by atoms with van der Waals surface area (Å²) in [6.07, 6.45) is -0.428. The summed E-state index contributed by atoms with van der Waals surface area (Å²) in [5.74, 6) is 0.750. The molecule has 0 aromatic heterocycles. The SMILES string of the molecule is CCNC(=NCC(C)(C)NC(=O)OC(C)(C)C)NCCN1CCOCC1.I. The molecule has 27 heavy (non-hydrogen) atoms. The smallest absolute Gasteiger partial charge is 0.408 e. The lowest BCUT2D eigenvalue weighted by Gasteiger charge is -2.28. The largest absolute Gasteiger partial charge is 0.444 e. The molecule has 0 unspecified atom stereocenters. The van der Waals surface area contributed by atoms with Gasteiger partial charge in [0, 0.05) is 32.7 Å². The lowest BCUT2D eigenvalue weighted by atomic mass is 10.1. The summed E-state index contributed by atoms with van der Waals surface area (Å²) in [5, 5.41) is 9.45. The van der Waals surface area contributed by atoms with Gasteiger partial charge in [0.15, 0.2) is 5.96 Å². The van der Waals surface area contributed by atoms with Crippen LogP contribution in [-0.2, 0) is 9.47 Å². The molecule has 1 saturated heterocycles. The average Bonchev–Trinajstić information content (AvgIpc) is 2.51. The molecular formula is C18H38IN5O3. The highest BCUT2D eigenvalue weighted by Gasteiger charge is 2.24. The molecule has 0 bridgehead atoms. The number of carbonyl (C=O) groups excluding carboxylic acids is 1. The number of carbonyl (C=O) groups is 1. The number of nitrogens with one attached hydrogen (secondary N) is 3. The molecule has 0 saturated carbocycles. The molecule has 9 heteroatoms. The third-order valence-electron chi connectivity index (χ3n) is 3.64. The molecular weight excluding hydrogens is 461 g/mol. The first-order valence-corrected chi connectivity index (χ1v) is 9.45. The Kier molecular flexibility index (Phi) is 12.2. The van der Waals surface area contributed by atoms with Crippen molar-refractivity contribution >= 4 is 36.0 Å².